The SMILES string of the molecule is O=Cc1c2c(c(C=O)c3ccccc13)C1c3ccccc3C2c2ccccc21. The molecule has 0 atom stereocenters. The third kappa shape index (κ3) is 1.73. The molecule has 0 heterocycles. The number of hydrogen-bond donors (Lipinski definition) is 0. The Kier molecular flexibility index (Phi) is 3.05. The fraction of sp³-hybridized carbons (Fsp3) is 0.0769. The second-order valence-electron chi connectivity index (χ2n) is 7.56. The van der Waals surface area contributed by atoms with Crippen LogP contribution in [0.3, 0.4) is 0 Å². The van der Waals surface area contributed by atoms with Gasteiger partial charge in [-0.05, 0) is 44.2 Å². The van der Waals surface area contributed by atoms with Gasteiger partial charge in [-0.3, -0.25) is 9.59 Å². The van der Waals surface area contributed by atoms with Crippen molar-refractivity contribution in [1.82, 2.24) is 0 Å². The Bertz CT molecular complexity index is 1170. The minimum atomic E-state index is -0.0177. The molecule has 0 unspecified atom stereocenters. The van der Waals surface area contributed by atoms with Gasteiger partial charge in [0.15, 0.2) is 12.6 Å². The molecule has 0 saturated carbocycles. The summed E-state index contributed by atoms with van der Waals surface area (Å²) in [7, 11) is 0. The van der Waals surface area contributed by atoms with E-state index >= 15 is 0 Å². The smallest absolute Gasteiger partial charge is 0.150 e. The van der Waals surface area contributed by atoms with E-state index in [2.05, 4.69) is 48.5 Å². The number of benzene rings is 4. The van der Waals surface area contributed by atoms with Gasteiger partial charge < -0.3 is 0 Å². The predicted molar refractivity (Wildman–Crippen MR) is 109 cm³/mol. The van der Waals surface area contributed by atoms with Gasteiger partial charge in [-0.2, -0.15) is 0 Å². The van der Waals surface area contributed by atoms with E-state index in [1.165, 1.54) is 22.3 Å². The summed E-state index contributed by atoms with van der Waals surface area (Å²) in [5, 5.41) is 1.72. The molecule has 0 N–H and O–H groups in total. The van der Waals surface area contributed by atoms with Gasteiger partial charge in [-0.1, -0.05) is 72.8 Å². The average molecular weight is 360 g/mol. The molecule has 0 spiro atoms. The molecule has 0 amide bonds. The molecule has 4 aromatic carbocycles. The van der Waals surface area contributed by atoms with E-state index in [0.29, 0.717) is 0 Å². The normalized spacial score (nSPS) is 18.3. The third-order valence-electron chi connectivity index (χ3n) is 6.43. The highest BCUT2D eigenvalue weighted by Crippen LogP contribution is 2.58. The molecule has 0 aliphatic heterocycles. The minimum absolute atomic E-state index is 0.0177. The van der Waals surface area contributed by atoms with Crippen LogP contribution in [0.25, 0.3) is 10.8 Å². The number of rotatable bonds is 2. The number of carbonyl (C=O) groups is 2. The summed E-state index contributed by atoms with van der Waals surface area (Å²) in [5.41, 5.74) is 8.44. The zero-order chi connectivity index (χ0) is 18.8. The van der Waals surface area contributed by atoms with Crippen LogP contribution in [0.5, 0.6) is 0 Å². The first kappa shape index (κ1) is 15.5. The molecule has 0 aromatic heterocycles. The van der Waals surface area contributed by atoms with Crippen LogP contribution in [0.1, 0.15) is 65.9 Å². The predicted octanol–water partition coefficient (Wildman–Crippen LogP) is 5.45. The molecule has 2 bridgehead atoms. The highest BCUT2D eigenvalue weighted by molar-refractivity contribution is 6.09. The molecule has 4 aromatic rings. The fourth-order valence-corrected chi connectivity index (χ4v) is 5.44. The van der Waals surface area contributed by atoms with Crippen molar-refractivity contribution in [2.75, 3.05) is 0 Å². The molecular formula is C26H16O2. The lowest BCUT2D eigenvalue weighted by Gasteiger charge is -2.43. The topological polar surface area (TPSA) is 34.1 Å². The van der Waals surface area contributed by atoms with Crippen LogP contribution in [0.2, 0.25) is 0 Å². The third-order valence-corrected chi connectivity index (χ3v) is 6.43. The summed E-state index contributed by atoms with van der Waals surface area (Å²) in [4.78, 5) is 24.6. The number of hydrogen-bond acceptors (Lipinski definition) is 2. The Morgan fingerprint density at radius 1 is 0.500 bits per heavy atom. The van der Waals surface area contributed by atoms with Crippen molar-refractivity contribution in [3.8, 4) is 0 Å². The van der Waals surface area contributed by atoms with Gasteiger partial charge in [0.2, 0.25) is 0 Å². The maximum atomic E-state index is 12.3. The maximum Gasteiger partial charge on any atom is 0.150 e. The second kappa shape index (κ2) is 5.49. The van der Waals surface area contributed by atoms with E-state index < -0.39 is 0 Å². The zero-order valence-corrected chi connectivity index (χ0v) is 15.1. The van der Waals surface area contributed by atoms with Crippen molar-refractivity contribution >= 4 is 23.3 Å². The van der Waals surface area contributed by atoms with E-state index in [1.807, 2.05) is 24.3 Å². The summed E-state index contributed by atoms with van der Waals surface area (Å²) >= 11 is 0. The van der Waals surface area contributed by atoms with Crippen molar-refractivity contribution in [3.05, 3.63) is 117 Å². The summed E-state index contributed by atoms with van der Waals surface area (Å²) in [6.45, 7) is 0. The van der Waals surface area contributed by atoms with E-state index in [9.17, 15) is 9.59 Å². The van der Waals surface area contributed by atoms with Crippen molar-refractivity contribution in [2.45, 2.75) is 11.8 Å². The van der Waals surface area contributed by atoms with Gasteiger partial charge in [0.1, 0.15) is 0 Å². The molecule has 28 heavy (non-hydrogen) atoms. The number of fused-ring (bicyclic) bond motifs is 1. The summed E-state index contributed by atoms with van der Waals surface area (Å²) in [6.07, 6.45) is 1.95. The Hall–Kier alpha value is -3.52. The number of aldehydes is 2. The van der Waals surface area contributed by atoms with Crippen LogP contribution in [0, 0.1) is 0 Å². The van der Waals surface area contributed by atoms with Crippen LogP contribution in [0.15, 0.2) is 72.8 Å². The zero-order valence-electron chi connectivity index (χ0n) is 15.1. The first-order valence-corrected chi connectivity index (χ1v) is 9.51. The van der Waals surface area contributed by atoms with Crippen LogP contribution in [-0.4, -0.2) is 12.6 Å². The van der Waals surface area contributed by atoms with Crippen LogP contribution in [0.4, 0.5) is 0 Å². The van der Waals surface area contributed by atoms with Crippen molar-refractivity contribution in [1.29, 1.82) is 0 Å². The summed E-state index contributed by atoms with van der Waals surface area (Å²) in [5.74, 6) is -0.0354. The molecule has 0 fully saturated rings. The first-order chi connectivity index (χ1) is 13.8. The van der Waals surface area contributed by atoms with Gasteiger partial charge >= 0.3 is 0 Å². The molecule has 2 heteroatoms. The Morgan fingerprint density at radius 3 is 1.14 bits per heavy atom. The molecule has 0 radical (unpaired) electrons. The summed E-state index contributed by atoms with van der Waals surface area (Å²) < 4.78 is 0. The standard InChI is InChI=1S/C26H16O2/c27-13-21-15-7-1-2-8-16(15)22(14-28)26-24-19-11-5-3-9-17(19)23(25(21)26)18-10-4-6-12-20(18)24/h1-14,23-24H. The van der Waals surface area contributed by atoms with Gasteiger partial charge in [-0.25, -0.2) is 0 Å². The maximum absolute atomic E-state index is 12.3. The van der Waals surface area contributed by atoms with Crippen LogP contribution in [-0.2, 0) is 0 Å². The highest BCUT2D eigenvalue weighted by atomic mass is 16.1. The molecule has 0 saturated heterocycles. The average Bonchev–Trinajstić information content (AvgIpc) is 2.77. The van der Waals surface area contributed by atoms with E-state index in [1.54, 1.807) is 0 Å². The van der Waals surface area contributed by atoms with Crippen molar-refractivity contribution in [3.63, 3.8) is 0 Å². The van der Waals surface area contributed by atoms with Gasteiger partial charge in [-0.15, -0.1) is 0 Å². The minimum Gasteiger partial charge on any atom is -0.298 e. The van der Waals surface area contributed by atoms with Crippen molar-refractivity contribution < 1.29 is 9.59 Å². The van der Waals surface area contributed by atoms with Crippen molar-refractivity contribution in [2.24, 2.45) is 0 Å². The lowest BCUT2D eigenvalue weighted by molar-refractivity contribution is 0.111. The molecule has 132 valence electrons. The van der Waals surface area contributed by atoms with Crippen LogP contribution >= 0.6 is 0 Å². The molecule has 3 aliphatic rings. The van der Waals surface area contributed by atoms with E-state index in [4.69, 9.17) is 0 Å². The fourth-order valence-electron chi connectivity index (χ4n) is 5.44. The lowest BCUT2D eigenvalue weighted by Crippen LogP contribution is -2.30. The van der Waals surface area contributed by atoms with Gasteiger partial charge in [0, 0.05) is 23.0 Å². The quantitative estimate of drug-likeness (QED) is 0.385. The van der Waals surface area contributed by atoms with E-state index in [0.717, 1.165) is 45.6 Å². The van der Waals surface area contributed by atoms with E-state index in [-0.39, 0.29) is 11.8 Å². The Morgan fingerprint density at radius 2 is 0.821 bits per heavy atom. The van der Waals surface area contributed by atoms with Gasteiger partial charge in [0.25, 0.3) is 0 Å². The molecule has 3 aliphatic carbocycles. The Labute approximate surface area is 162 Å². The van der Waals surface area contributed by atoms with Crippen LogP contribution < -0.4 is 0 Å². The Balaban J connectivity index is 1.87. The second-order valence-corrected chi connectivity index (χ2v) is 7.56. The first-order valence-electron chi connectivity index (χ1n) is 9.51. The molecule has 7 rings (SSSR count). The van der Waals surface area contributed by atoms with Gasteiger partial charge in [0.05, 0.1) is 0 Å². The summed E-state index contributed by atoms with van der Waals surface area (Å²) in [6, 6.07) is 24.7. The monoisotopic (exact) mass is 360 g/mol. The molecular weight excluding hydrogens is 344 g/mol. The highest BCUT2D eigenvalue weighted by Gasteiger charge is 2.44. The largest absolute Gasteiger partial charge is 0.298 e. The molecule has 2 nitrogen and oxygen atoms in total. The number of carbonyl (C=O) groups excluding carboxylic acids is 2. The lowest BCUT2D eigenvalue weighted by atomic mass is 9.59.